The molecule has 53 heavy (non-hydrogen) atoms. The minimum absolute atomic E-state index is 0.589. The first-order chi connectivity index (χ1) is 26.3. The van der Waals surface area contributed by atoms with Gasteiger partial charge in [-0.25, -0.2) is 9.97 Å². The highest BCUT2D eigenvalue weighted by molar-refractivity contribution is 7.26. The first kappa shape index (κ1) is 30.1. The van der Waals surface area contributed by atoms with Crippen molar-refractivity contribution in [3.8, 4) is 50.4 Å². The molecular formula is C46H27N5S2. The molecule has 7 heteroatoms. The molecule has 11 rings (SSSR count). The van der Waals surface area contributed by atoms with Crippen LogP contribution < -0.4 is 0 Å². The monoisotopic (exact) mass is 713 g/mol. The lowest BCUT2D eigenvalue weighted by atomic mass is 9.96. The summed E-state index contributed by atoms with van der Waals surface area (Å²) in [4.78, 5) is 20.7. The second kappa shape index (κ2) is 12.0. The van der Waals surface area contributed by atoms with Gasteiger partial charge in [0.25, 0.3) is 0 Å². The number of nitrogens with zero attached hydrogens (tertiary/aromatic N) is 5. The van der Waals surface area contributed by atoms with Gasteiger partial charge < -0.3 is 0 Å². The fraction of sp³-hybridized carbons (Fsp3) is 0. The molecule has 5 nitrogen and oxygen atoms in total. The van der Waals surface area contributed by atoms with Crippen LogP contribution in [-0.4, -0.2) is 24.5 Å². The van der Waals surface area contributed by atoms with Gasteiger partial charge in [0, 0.05) is 47.6 Å². The molecular weight excluding hydrogens is 687 g/mol. The van der Waals surface area contributed by atoms with Crippen LogP contribution in [0.3, 0.4) is 0 Å². The molecule has 4 heterocycles. The molecule has 0 spiro atoms. The minimum atomic E-state index is 0.589. The van der Waals surface area contributed by atoms with Crippen molar-refractivity contribution in [1.82, 2.24) is 24.5 Å². The predicted molar refractivity (Wildman–Crippen MR) is 222 cm³/mol. The lowest BCUT2D eigenvalue weighted by Crippen LogP contribution is -2.06. The molecule has 11 aromatic rings. The quantitative estimate of drug-likeness (QED) is 0.178. The van der Waals surface area contributed by atoms with Crippen molar-refractivity contribution in [1.29, 1.82) is 0 Å². The molecule has 4 aromatic heterocycles. The van der Waals surface area contributed by atoms with Crippen molar-refractivity contribution in [3.05, 3.63) is 164 Å². The van der Waals surface area contributed by atoms with Crippen LogP contribution in [0.15, 0.2) is 164 Å². The zero-order valence-corrected chi connectivity index (χ0v) is 29.8. The zero-order chi connectivity index (χ0) is 34.9. The molecule has 0 atom stereocenters. The van der Waals surface area contributed by atoms with Gasteiger partial charge in [0.15, 0.2) is 11.6 Å². The minimum Gasteiger partial charge on any atom is -0.278 e. The highest BCUT2D eigenvalue weighted by atomic mass is 32.1. The van der Waals surface area contributed by atoms with Gasteiger partial charge in [-0.2, -0.15) is 9.97 Å². The van der Waals surface area contributed by atoms with Crippen LogP contribution in [-0.2, 0) is 0 Å². The molecule has 0 saturated heterocycles. The maximum absolute atomic E-state index is 5.32. The standard InChI is InChI=1S/C46H27N5S2/c1-2-13-28(14-3-1)43-48-44(50-46(49-43)51-36-22-7-4-17-32(36)33-18-5-8-23-37(33)51)34-20-12-26-40-42(34)41-31(19-11-25-39(41)52-40)29-15-10-16-30(27-29)45-47-35-21-6-9-24-38(35)53-45/h1-27H. The maximum Gasteiger partial charge on any atom is 0.238 e. The SMILES string of the molecule is c1ccc(-c2nc(-c3cccc4sc5cccc(-c6cccc(-c7nc8ccccc8s7)c6)c5c34)nc(-n3c4ccccc4c4ccccc43)n2)cc1. The normalized spacial score (nSPS) is 11.8. The average molecular weight is 714 g/mol. The summed E-state index contributed by atoms with van der Waals surface area (Å²) in [5, 5.41) is 5.69. The fourth-order valence-electron chi connectivity index (χ4n) is 7.55. The number of hydrogen-bond acceptors (Lipinski definition) is 6. The molecule has 0 fully saturated rings. The third-order valence-electron chi connectivity index (χ3n) is 9.91. The Bertz CT molecular complexity index is 3110. The van der Waals surface area contributed by atoms with Crippen LogP contribution in [0, 0.1) is 0 Å². The van der Waals surface area contributed by atoms with Gasteiger partial charge in [-0.3, -0.25) is 4.57 Å². The van der Waals surface area contributed by atoms with E-state index < -0.39 is 0 Å². The summed E-state index contributed by atoms with van der Waals surface area (Å²) in [6.07, 6.45) is 0. The Labute approximate surface area is 312 Å². The summed E-state index contributed by atoms with van der Waals surface area (Å²) < 4.78 is 5.77. The number of rotatable bonds is 5. The Hall–Kier alpha value is -6.54. The van der Waals surface area contributed by atoms with E-state index in [2.05, 4.69) is 144 Å². The molecule has 248 valence electrons. The van der Waals surface area contributed by atoms with Gasteiger partial charge in [0.05, 0.1) is 21.3 Å². The lowest BCUT2D eigenvalue weighted by molar-refractivity contribution is 0.954. The largest absolute Gasteiger partial charge is 0.278 e. The number of hydrogen-bond donors (Lipinski definition) is 0. The number of benzene rings is 7. The molecule has 0 bridgehead atoms. The van der Waals surface area contributed by atoms with Crippen LogP contribution in [0.1, 0.15) is 0 Å². The average Bonchev–Trinajstić information content (AvgIpc) is 3.93. The Morgan fingerprint density at radius 3 is 1.75 bits per heavy atom. The molecule has 0 aliphatic carbocycles. The van der Waals surface area contributed by atoms with Crippen LogP contribution >= 0.6 is 22.7 Å². The molecule has 0 aliphatic rings. The number of thiazole rings is 1. The zero-order valence-electron chi connectivity index (χ0n) is 28.1. The summed E-state index contributed by atoms with van der Waals surface area (Å²) in [6, 6.07) is 57.3. The van der Waals surface area contributed by atoms with E-state index in [1.54, 1.807) is 22.7 Å². The van der Waals surface area contributed by atoms with E-state index in [0.717, 1.165) is 60.0 Å². The van der Waals surface area contributed by atoms with Crippen molar-refractivity contribution in [2.75, 3.05) is 0 Å². The smallest absolute Gasteiger partial charge is 0.238 e. The van der Waals surface area contributed by atoms with Crippen molar-refractivity contribution in [3.63, 3.8) is 0 Å². The highest BCUT2D eigenvalue weighted by Crippen LogP contribution is 2.45. The lowest BCUT2D eigenvalue weighted by Gasteiger charge is -2.12. The topological polar surface area (TPSA) is 56.5 Å². The van der Waals surface area contributed by atoms with Crippen molar-refractivity contribution in [2.24, 2.45) is 0 Å². The van der Waals surface area contributed by atoms with Gasteiger partial charge in [-0.1, -0.05) is 121 Å². The molecule has 0 N–H and O–H groups in total. The van der Waals surface area contributed by atoms with E-state index in [-0.39, 0.29) is 0 Å². The first-order valence-corrected chi connectivity index (χ1v) is 19.1. The summed E-state index contributed by atoms with van der Waals surface area (Å²) in [5.41, 5.74) is 8.48. The van der Waals surface area contributed by atoms with Crippen LogP contribution in [0.2, 0.25) is 0 Å². The molecule has 0 amide bonds. The Morgan fingerprint density at radius 2 is 0.981 bits per heavy atom. The fourth-order valence-corrected chi connectivity index (χ4v) is 9.67. The van der Waals surface area contributed by atoms with Gasteiger partial charge in [-0.15, -0.1) is 22.7 Å². The predicted octanol–water partition coefficient (Wildman–Crippen LogP) is 12.6. The van der Waals surface area contributed by atoms with Gasteiger partial charge in [0.2, 0.25) is 5.95 Å². The van der Waals surface area contributed by atoms with Crippen molar-refractivity contribution in [2.45, 2.75) is 0 Å². The number of thiophene rings is 1. The van der Waals surface area contributed by atoms with Gasteiger partial charge in [-0.05, 0) is 53.6 Å². The van der Waals surface area contributed by atoms with E-state index in [9.17, 15) is 0 Å². The van der Waals surface area contributed by atoms with E-state index in [1.807, 2.05) is 24.3 Å². The second-order valence-electron chi connectivity index (χ2n) is 13.0. The molecule has 7 aromatic carbocycles. The van der Waals surface area contributed by atoms with Gasteiger partial charge >= 0.3 is 0 Å². The first-order valence-electron chi connectivity index (χ1n) is 17.5. The maximum atomic E-state index is 5.32. The summed E-state index contributed by atoms with van der Waals surface area (Å²) in [6.45, 7) is 0. The number of aromatic nitrogens is 5. The number of fused-ring (bicyclic) bond motifs is 7. The summed E-state index contributed by atoms with van der Waals surface area (Å²) in [7, 11) is 0. The summed E-state index contributed by atoms with van der Waals surface area (Å²) in [5.74, 6) is 1.86. The van der Waals surface area contributed by atoms with E-state index in [0.29, 0.717) is 17.6 Å². The number of para-hydroxylation sites is 3. The van der Waals surface area contributed by atoms with Crippen LogP contribution in [0.4, 0.5) is 0 Å². The summed E-state index contributed by atoms with van der Waals surface area (Å²) >= 11 is 3.53. The molecule has 0 unspecified atom stereocenters. The molecule has 0 saturated carbocycles. The highest BCUT2D eigenvalue weighted by Gasteiger charge is 2.21. The van der Waals surface area contributed by atoms with Gasteiger partial charge in [0.1, 0.15) is 5.01 Å². The third kappa shape index (κ3) is 4.89. The Kier molecular flexibility index (Phi) is 6.83. The third-order valence-corrected chi connectivity index (χ3v) is 12.1. The van der Waals surface area contributed by atoms with Crippen molar-refractivity contribution < 1.29 is 0 Å². The van der Waals surface area contributed by atoms with Crippen LogP contribution in [0.25, 0.3) is 103 Å². The van der Waals surface area contributed by atoms with E-state index >= 15 is 0 Å². The van der Waals surface area contributed by atoms with Crippen molar-refractivity contribution >= 4 is 74.9 Å². The van der Waals surface area contributed by atoms with Crippen LogP contribution in [0.5, 0.6) is 0 Å². The molecule has 0 aliphatic heterocycles. The molecule has 0 radical (unpaired) electrons. The Balaban J connectivity index is 1.16. The second-order valence-corrected chi connectivity index (χ2v) is 15.2. The Morgan fingerprint density at radius 1 is 0.396 bits per heavy atom. The van der Waals surface area contributed by atoms with E-state index in [4.69, 9.17) is 19.9 Å². The van der Waals surface area contributed by atoms with E-state index in [1.165, 1.54) is 25.0 Å².